The molecule has 4 heteroatoms. The van der Waals surface area contributed by atoms with E-state index < -0.39 is 0 Å². The van der Waals surface area contributed by atoms with Gasteiger partial charge in [-0.15, -0.1) is 0 Å². The van der Waals surface area contributed by atoms with Gasteiger partial charge in [0.2, 0.25) is 0 Å². The fourth-order valence-corrected chi connectivity index (χ4v) is 3.71. The zero-order valence-electron chi connectivity index (χ0n) is 13.7. The lowest BCUT2D eigenvalue weighted by Crippen LogP contribution is -2.45. The first kappa shape index (κ1) is 15.5. The summed E-state index contributed by atoms with van der Waals surface area (Å²) in [6.45, 7) is 10.2. The van der Waals surface area contributed by atoms with Crippen LogP contribution in [-0.2, 0) is 13.6 Å². The molecular formula is C16H30N4. The molecule has 1 aromatic heterocycles. The van der Waals surface area contributed by atoms with Gasteiger partial charge in [-0.25, -0.2) is 0 Å². The number of aryl methyl sites for hydroxylation is 1. The van der Waals surface area contributed by atoms with E-state index in [2.05, 4.69) is 49.3 Å². The molecule has 0 spiro atoms. The van der Waals surface area contributed by atoms with Crippen LogP contribution >= 0.6 is 0 Å². The standard InChI is InChI=1S/C16H30N4/c1-6-17-15-14(7-8-16(15,2)3)12-19(4)10-13-9-18-20(5)11-13/h9,11,14-15,17H,6-8,10,12H2,1-5H3. The second-order valence-corrected chi connectivity index (χ2v) is 7.04. The van der Waals surface area contributed by atoms with Gasteiger partial charge in [-0.05, 0) is 37.8 Å². The summed E-state index contributed by atoms with van der Waals surface area (Å²) in [5.74, 6) is 0.756. The third-order valence-electron chi connectivity index (χ3n) is 4.65. The van der Waals surface area contributed by atoms with E-state index in [0.717, 1.165) is 25.6 Å². The predicted molar refractivity (Wildman–Crippen MR) is 83.5 cm³/mol. The van der Waals surface area contributed by atoms with Gasteiger partial charge in [0.1, 0.15) is 0 Å². The monoisotopic (exact) mass is 278 g/mol. The molecule has 4 nitrogen and oxygen atoms in total. The van der Waals surface area contributed by atoms with E-state index in [0.29, 0.717) is 11.5 Å². The van der Waals surface area contributed by atoms with Crippen LogP contribution < -0.4 is 5.32 Å². The zero-order valence-corrected chi connectivity index (χ0v) is 13.7. The van der Waals surface area contributed by atoms with Crippen molar-refractivity contribution in [2.75, 3.05) is 20.1 Å². The molecule has 0 aromatic carbocycles. The van der Waals surface area contributed by atoms with Gasteiger partial charge in [0.05, 0.1) is 6.20 Å². The Kier molecular flexibility index (Phi) is 4.86. The molecule has 0 radical (unpaired) electrons. The summed E-state index contributed by atoms with van der Waals surface area (Å²) < 4.78 is 1.88. The normalized spacial score (nSPS) is 25.5. The number of hydrogen-bond acceptors (Lipinski definition) is 3. The smallest absolute Gasteiger partial charge is 0.0534 e. The number of hydrogen-bond donors (Lipinski definition) is 1. The number of rotatable bonds is 6. The highest BCUT2D eigenvalue weighted by molar-refractivity contribution is 5.03. The van der Waals surface area contributed by atoms with Crippen LogP contribution in [0.4, 0.5) is 0 Å². The SMILES string of the molecule is CCNC1C(CN(C)Cc2cnn(C)c2)CCC1(C)C. The van der Waals surface area contributed by atoms with Crippen LogP contribution in [-0.4, -0.2) is 40.9 Å². The van der Waals surface area contributed by atoms with Crippen molar-refractivity contribution in [1.29, 1.82) is 0 Å². The molecule has 2 rings (SSSR count). The lowest BCUT2D eigenvalue weighted by molar-refractivity contribution is 0.202. The Hall–Kier alpha value is -0.870. The Labute approximate surface area is 123 Å². The van der Waals surface area contributed by atoms with Crippen LogP contribution in [0.5, 0.6) is 0 Å². The molecule has 1 aromatic rings. The predicted octanol–water partition coefficient (Wildman–Crippen LogP) is 2.27. The third kappa shape index (κ3) is 3.61. The molecule has 1 fully saturated rings. The third-order valence-corrected chi connectivity index (χ3v) is 4.65. The average molecular weight is 278 g/mol. The van der Waals surface area contributed by atoms with Crippen molar-refractivity contribution >= 4 is 0 Å². The van der Waals surface area contributed by atoms with Crippen molar-refractivity contribution in [2.45, 2.75) is 46.2 Å². The molecule has 0 amide bonds. The quantitative estimate of drug-likeness (QED) is 0.866. The average Bonchev–Trinajstić information content (AvgIpc) is 2.87. The lowest BCUT2D eigenvalue weighted by atomic mass is 9.84. The Morgan fingerprint density at radius 1 is 1.50 bits per heavy atom. The molecule has 20 heavy (non-hydrogen) atoms. The molecule has 1 aliphatic rings. The molecule has 2 atom stereocenters. The first-order chi connectivity index (χ1) is 9.42. The van der Waals surface area contributed by atoms with Crippen molar-refractivity contribution in [2.24, 2.45) is 18.4 Å². The Bertz CT molecular complexity index is 424. The zero-order chi connectivity index (χ0) is 14.8. The molecule has 1 saturated carbocycles. The fraction of sp³-hybridized carbons (Fsp3) is 0.812. The van der Waals surface area contributed by atoms with E-state index >= 15 is 0 Å². The van der Waals surface area contributed by atoms with Crippen molar-refractivity contribution in [1.82, 2.24) is 20.0 Å². The van der Waals surface area contributed by atoms with Gasteiger partial charge in [-0.2, -0.15) is 5.10 Å². The van der Waals surface area contributed by atoms with Gasteiger partial charge in [0, 0.05) is 37.9 Å². The van der Waals surface area contributed by atoms with Crippen LogP contribution in [0.25, 0.3) is 0 Å². The number of aromatic nitrogens is 2. The highest BCUT2D eigenvalue weighted by Crippen LogP contribution is 2.41. The van der Waals surface area contributed by atoms with Gasteiger partial charge in [-0.1, -0.05) is 20.8 Å². The van der Waals surface area contributed by atoms with Gasteiger partial charge >= 0.3 is 0 Å². The molecule has 1 N–H and O–H groups in total. The lowest BCUT2D eigenvalue weighted by Gasteiger charge is -2.33. The maximum atomic E-state index is 4.25. The minimum Gasteiger partial charge on any atom is -0.313 e. The highest BCUT2D eigenvalue weighted by Gasteiger charge is 2.41. The van der Waals surface area contributed by atoms with Crippen LogP contribution in [0.3, 0.4) is 0 Å². The fourth-order valence-electron chi connectivity index (χ4n) is 3.71. The van der Waals surface area contributed by atoms with Crippen LogP contribution in [0, 0.1) is 11.3 Å². The largest absolute Gasteiger partial charge is 0.313 e. The van der Waals surface area contributed by atoms with Gasteiger partial charge in [0.15, 0.2) is 0 Å². The van der Waals surface area contributed by atoms with E-state index in [-0.39, 0.29) is 0 Å². The first-order valence-electron chi connectivity index (χ1n) is 7.82. The van der Waals surface area contributed by atoms with Crippen molar-refractivity contribution in [3.63, 3.8) is 0 Å². The topological polar surface area (TPSA) is 33.1 Å². The van der Waals surface area contributed by atoms with Gasteiger partial charge < -0.3 is 10.2 Å². The minimum atomic E-state index is 0.426. The minimum absolute atomic E-state index is 0.426. The van der Waals surface area contributed by atoms with Gasteiger partial charge in [0.25, 0.3) is 0 Å². The highest BCUT2D eigenvalue weighted by atomic mass is 15.2. The Morgan fingerprint density at radius 3 is 2.85 bits per heavy atom. The summed E-state index contributed by atoms with van der Waals surface area (Å²) in [6, 6.07) is 0.642. The van der Waals surface area contributed by atoms with Crippen molar-refractivity contribution in [3.05, 3.63) is 18.0 Å². The summed E-state index contributed by atoms with van der Waals surface area (Å²) in [5, 5.41) is 7.96. The number of nitrogens with one attached hydrogen (secondary N) is 1. The second-order valence-electron chi connectivity index (χ2n) is 7.04. The van der Waals surface area contributed by atoms with Crippen LogP contribution in [0.1, 0.15) is 39.2 Å². The van der Waals surface area contributed by atoms with E-state index in [1.54, 1.807) is 0 Å². The molecular weight excluding hydrogens is 248 g/mol. The molecule has 1 aliphatic carbocycles. The molecule has 1 heterocycles. The molecule has 0 aliphatic heterocycles. The summed E-state index contributed by atoms with van der Waals surface area (Å²) in [7, 11) is 4.20. The van der Waals surface area contributed by atoms with E-state index in [1.165, 1.54) is 18.4 Å². The summed E-state index contributed by atoms with van der Waals surface area (Å²) in [4.78, 5) is 2.44. The number of nitrogens with zero attached hydrogens (tertiary/aromatic N) is 3. The van der Waals surface area contributed by atoms with Crippen LogP contribution in [0.2, 0.25) is 0 Å². The van der Waals surface area contributed by atoms with E-state index in [9.17, 15) is 0 Å². The van der Waals surface area contributed by atoms with Crippen molar-refractivity contribution in [3.8, 4) is 0 Å². The maximum absolute atomic E-state index is 4.25. The summed E-state index contributed by atoms with van der Waals surface area (Å²) >= 11 is 0. The second kappa shape index (κ2) is 6.27. The maximum Gasteiger partial charge on any atom is 0.0534 e. The van der Waals surface area contributed by atoms with Crippen LogP contribution in [0.15, 0.2) is 12.4 Å². The van der Waals surface area contributed by atoms with E-state index in [4.69, 9.17) is 0 Å². The molecule has 0 saturated heterocycles. The molecule has 2 unspecified atom stereocenters. The summed E-state index contributed by atoms with van der Waals surface area (Å²) in [6.07, 6.45) is 6.74. The molecule has 114 valence electrons. The Balaban J connectivity index is 1.91. The van der Waals surface area contributed by atoms with Crippen molar-refractivity contribution < 1.29 is 0 Å². The van der Waals surface area contributed by atoms with Gasteiger partial charge in [-0.3, -0.25) is 4.68 Å². The molecule has 0 bridgehead atoms. The first-order valence-corrected chi connectivity index (χ1v) is 7.82. The summed E-state index contributed by atoms with van der Waals surface area (Å²) in [5.41, 5.74) is 1.72. The Morgan fingerprint density at radius 2 is 2.25 bits per heavy atom. The van der Waals surface area contributed by atoms with E-state index in [1.807, 2.05) is 17.9 Å².